The number of nitrogens with one attached hydrogen (secondary N) is 2. The second-order valence-electron chi connectivity index (χ2n) is 5.45. The lowest BCUT2D eigenvalue weighted by molar-refractivity contribution is -0.133. The van der Waals surface area contributed by atoms with Crippen LogP contribution in [-0.4, -0.2) is 44.4 Å². The van der Waals surface area contributed by atoms with Crippen molar-refractivity contribution in [3.63, 3.8) is 0 Å². The Kier molecular flexibility index (Phi) is 6.18. The monoisotopic (exact) mass is 345 g/mol. The topological polar surface area (TPSA) is 132 Å². The van der Waals surface area contributed by atoms with Gasteiger partial charge in [-0.25, -0.2) is 5.48 Å². The highest BCUT2D eigenvalue weighted by Crippen LogP contribution is 2.19. The van der Waals surface area contributed by atoms with Gasteiger partial charge in [-0.05, 0) is 24.6 Å². The van der Waals surface area contributed by atoms with Crippen molar-refractivity contribution in [2.45, 2.75) is 25.2 Å². The Morgan fingerprint density at radius 3 is 2.28 bits per heavy atom. The average Bonchev–Trinajstić information content (AvgIpc) is 2.65. The van der Waals surface area contributed by atoms with E-state index in [-0.39, 0.29) is 5.56 Å². The second kappa shape index (κ2) is 8.34. The molecular weight excluding hydrogens is 326 g/mol. The van der Waals surface area contributed by atoms with Crippen LogP contribution in [0.15, 0.2) is 48.7 Å². The molecule has 1 heterocycles. The van der Waals surface area contributed by atoms with Crippen molar-refractivity contribution in [2.75, 3.05) is 0 Å². The standard InChI is InChI=1S/C17H19N3O5/c1-10(21)14(17(24)20-25)19-16(23)12-7-8-13(18-9-12)15(22)11-5-3-2-4-6-11/h2-10,14-15,21-22,25H,1H3,(H,19,23)(H,20,24)/t10-,14+,15?/m1/s1. The van der Waals surface area contributed by atoms with Crippen molar-refractivity contribution < 1.29 is 25.0 Å². The molecule has 2 amide bonds. The van der Waals surface area contributed by atoms with Crippen molar-refractivity contribution >= 4 is 11.8 Å². The van der Waals surface area contributed by atoms with Crippen LogP contribution in [0.1, 0.15) is 34.6 Å². The van der Waals surface area contributed by atoms with E-state index in [2.05, 4.69) is 10.3 Å². The van der Waals surface area contributed by atoms with Crippen LogP contribution in [0.4, 0.5) is 0 Å². The van der Waals surface area contributed by atoms with Crippen LogP contribution in [0, 0.1) is 0 Å². The van der Waals surface area contributed by atoms with Crippen LogP contribution in [0.25, 0.3) is 0 Å². The Balaban J connectivity index is 2.11. The first-order valence-corrected chi connectivity index (χ1v) is 7.56. The highest BCUT2D eigenvalue weighted by atomic mass is 16.5. The lowest BCUT2D eigenvalue weighted by Crippen LogP contribution is -2.51. The first kappa shape index (κ1) is 18.5. The Bertz CT molecular complexity index is 719. The molecule has 0 bridgehead atoms. The van der Waals surface area contributed by atoms with Gasteiger partial charge in [0.25, 0.3) is 11.8 Å². The smallest absolute Gasteiger partial charge is 0.268 e. The van der Waals surface area contributed by atoms with E-state index in [0.717, 1.165) is 0 Å². The van der Waals surface area contributed by atoms with Gasteiger partial charge in [-0.2, -0.15) is 0 Å². The number of carbonyl (C=O) groups excluding carboxylic acids is 2. The van der Waals surface area contributed by atoms with Gasteiger partial charge in [0.05, 0.1) is 17.4 Å². The van der Waals surface area contributed by atoms with E-state index in [1.807, 2.05) is 6.07 Å². The summed E-state index contributed by atoms with van der Waals surface area (Å²) in [4.78, 5) is 27.7. The fourth-order valence-corrected chi connectivity index (χ4v) is 2.21. The largest absolute Gasteiger partial charge is 0.391 e. The Morgan fingerprint density at radius 2 is 1.76 bits per heavy atom. The van der Waals surface area contributed by atoms with E-state index in [0.29, 0.717) is 11.3 Å². The fourth-order valence-electron chi connectivity index (χ4n) is 2.21. The van der Waals surface area contributed by atoms with Crippen LogP contribution in [-0.2, 0) is 4.79 Å². The number of hydrogen-bond acceptors (Lipinski definition) is 6. The molecule has 0 aliphatic carbocycles. The zero-order valence-electron chi connectivity index (χ0n) is 13.5. The van der Waals surface area contributed by atoms with Crippen molar-refractivity contribution in [3.05, 3.63) is 65.5 Å². The van der Waals surface area contributed by atoms with E-state index >= 15 is 0 Å². The van der Waals surface area contributed by atoms with Gasteiger partial charge in [-0.15, -0.1) is 0 Å². The molecule has 0 aliphatic heterocycles. The second-order valence-corrected chi connectivity index (χ2v) is 5.45. The van der Waals surface area contributed by atoms with Gasteiger partial charge in [0.15, 0.2) is 0 Å². The van der Waals surface area contributed by atoms with E-state index in [4.69, 9.17) is 5.21 Å². The molecule has 5 N–H and O–H groups in total. The summed E-state index contributed by atoms with van der Waals surface area (Å²) >= 11 is 0. The normalized spacial score (nSPS) is 14.2. The van der Waals surface area contributed by atoms with Crippen LogP contribution in [0.2, 0.25) is 0 Å². The summed E-state index contributed by atoms with van der Waals surface area (Å²) in [6.45, 7) is 1.30. The maximum absolute atomic E-state index is 12.1. The van der Waals surface area contributed by atoms with Crippen molar-refractivity contribution in [3.8, 4) is 0 Å². The Morgan fingerprint density at radius 1 is 1.08 bits per heavy atom. The molecule has 0 fully saturated rings. The SMILES string of the molecule is C[C@@H](O)[C@H](NC(=O)c1ccc(C(O)c2ccccc2)nc1)C(=O)NO. The lowest BCUT2D eigenvalue weighted by atomic mass is 10.1. The summed E-state index contributed by atoms with van der Waals surface area (Å²) in [5.74, 6) is -1.59. The number of amides is 2. The van der Waals surface area contributed by atoms with Gasteiger partial charge in [0, 0.05) is 6.20 Å². The number of pyridine rings is 1. The molecule has 8 heteroatoms. The number of carbonyl (C=O) groups is 2. The van der Waals surface area contributed by atoms with Crippen molar-refractivity contribution in [2.24, 2.45) is 0 Å². The molecule has 25 heavy (non-hydrogen) atoms. The Hall–Kier alpha value is -2.81. The third-order valence-electron chi connectivity index (χ3n) is 3.61. The zero-order valence-corrected chi connectivity index (χ0v) is 13.5. The summed E-state index contributed by atoms with van der Waals surface area (Å²) in [5.41, 5.74) is 2.55. The average molecular weight is 345 g/mol. The number of aliphatic hydroxyl groups is 2. The quantitative estimate of drug-likeness (QED) is 0.374. The predicted molar refractivity (Wildman–Crippen MR) is 87.6 cm³/mol. The molecule has 0 radical (unpaired) electrons. The van der Waals surface area contributed by atoms with Gasteiger partial charge in [0.1, 0.15) is 12.1 Å². The number of hydrogen-bond donors (Lipinski definition) is 5. The molecule has 2 aromatic rings. The van der Waals surface area contributed by atoms with Gasteiger partial charge < -0.3 is 15.5 Å². The van der Waals surface area contributed by atoms with Crippen LogP contribution < -0.4 is 10.8 Å². The molecule has 0 saturated heterocycles. The van der Waals surface area contributed by atoms with Crippen molar-refractivity contribution in [1.82, 2.24) is 15.8 Å². The molecular formula is C17H19N3O5. The van der Waals surface area contributed by atoms with E-state index < -0.39 is 30.1 Å². The molecule has 2 rings (SSSR count). The summed E-state index contributed by atoms with van der Waals surface area (Å²) < 4.78 is 0. The summed E-state index contributed by atoms with van der Waals surface area (Å²) in [6.07, 6.45) is -0.876. The minimum Gasteiger partial charge on any atom is -0.391 e. The number of aliphatic hydroxyl groups excluding tert-OH is 2. The molecule has 132 valence electrons. The van der Waals surface area contributed by atoms with Crippen LogP contribution >= 0.6 is 0 Å². The van der Waals surface area contributed by atoms with Crippen LogP contribution in [0.3, 0.4) is 0 Å². The van der Waals surface area contributed by atoms with Crippen LogP contribution in [0.5, 0.6) is 0 Å². The number of aromatic nitrogens is 1. The molecule has 8 nitrogen and oxygen atoms in total. The van der Waals surface area contributed by atoms with Gasteiger partial charge in [-0.3, -0.25) is 19.8 Å². The highest BCUT2D eigenvalue weighted by Gasteiger charge is 2.26. The van der Waals surface area contributed by atoms with E-state index in [1.165, 1.54) is 30.7 Å². The molecule has 0 saturated carbocycles. The third kappa shape index (κ3) is 4.60. The molecule has 0 spiro atoms. The summed E-state index contributed by atoms with van der Waals surface area (Å²) in [6, 6.07) is 10.6. The maximum Gasteiger partial charge on any atom is 0.268 e. The number of rotatable bonds is 6. The highest BCUT2D eigenvalue weighted by molar-refractivity contribution is 5.97. The summed E-state index contributed by atoms with van der Waals surface area (Å²) in [5, 5.41) is 30.7. The van der Waals surface area contributed by atoms with E-state index in [1.54, 1.807) is 24.3 Å². The number of benzene rings is 1. The Labute approximate surface area is 144 Å². The molecule has 3 atom stereocenters. The lowest BCUT2D eigenvalue weighted by Gasteiger charge is -2.19. The molecule has 0 aliphatic rings. The molecule has 1 aromatic heterocycles. The van der Waals surface area contributed by atoms with E-state index in [9.17, 15) is 19.8 Å². The predicted octanol–water partition coefficient (Wildman–Crippen LogP) is 0.148. The van der Waals surface area contributed by atoms with Crippen molar-refractivity contribution in [1.29, 1.82) is 0 Å². The first-order chi connectivity index (χ1) is 11.9. The first-order valence-electron chi connectivity index (χ1n) is 7.56. The van der Waals surface area contributed by atoms with Gasteiger partial charge >= 0.3 is 0 Å². The molecule has 1 unspecified atom stereocenters. The maximum atomic E-state index is 12.1. The van der Waals surface area contributed by atoms with Gasteiger partial charge in [0.2, 0.25) is 0 Å². The summed E-state index contributed by atoms with van der Waals surface area (Å²) in [7, 11) is 0. The minimum absolute atomic E-state index is 0.139. The zero-order chi connectivity index (χ0) is 18.4. The molecule has 1 aromatic carbocycles. The fraction of sp³-hybridized carbons (Fsp3) is 0.235. The minimum atomic E-state index is -1.31. The van der Waals surface area contributed by atoms with Gasteiger partial charge in [-0.1, -0.05) is 30.3 Å². The third-order valence-corrected chi connectivity index (χ3v) is 3.61. The number of hydroxylamine groups is 1. The number of nitrogens with zero attached hydrogens (tertiary/aromatic N) is 1.